The van der Waals surface area contributed by atoms with Gasteiger partial charge in [-0.1, -0.05) is 55.5 Å². The van der Waals surface area contributed by atoms with Crippen LogP contribution in [0.4, 0.5) is 5.69 Å². The van der Waals surface area contributed by atoms with Gasteiger partial charge >= 0.3 is 0 Å². The predicted octanol–water partition coefficient (Wildman–Crippen LogP) is 3.47. The van der Waals surface area contributed by atoms with E-state index >= 15 is 0 Å². The molecule has 0 bridgehead atoms. The molecule has 0 heterocycles. The number of hydrogen-bond acceptors (Lipinski definition) is 3. The molecule has 0 saturated carbocycles. The molecule has 0 spiro atoms. The van der Waals surface area contributed by atoms with Gasteiger partial charge in [0.15, 0.2) is 0 Å². The van der Waals surface area contributed by atoms with Gasteiger partial charge in [0, 0.05) is 25.2 Å². The van der Waals surface area contributed by atoms with Crippen molar-refractivity contribution in [2.75, 3.05) is 24.7 Å². The number of carbonyl (C=O) groups is 1. The van der Waals surface area contributed by atoms with Crippen LogP contribution in [0.25, 0.3) is 0 Å². The molecule has 5 nitrogen and oxygen atoms in total. The summed E-state index contributed by atoms with van der Waals surface area (Å²) in [6, 6.07) is 17.6. The number of hydrogen-bond donors (Lipinski definition) is 1. The fraction of sp³-hybridized carbons (Fsp3) is 0.381. The molecule has 0 aliphatic rings. The molecular weight excluding hydrogens is 360 g/mol. The largest absolute Gasteiger partial charge is 0.326 e. The van der Waals surface area contributed by atoms with Crippen LogP contribution in [-0.2, 0) is 27.7 Å². The van der Waals surface area contributed by atoms with Gasteiger partial charge in [0.2, 0.25) is 15.9 Å². The summed E-state index contributed by atoms with van der Waals surface area (Å²) >= 11 is 0. The van der Waals surface area contributed by atoms with E-state index in [1.807, 2.05) is 61.5 Å². The van der Waals surface area contributed by atoms with Crippen molar-refractivity contribution in [1.82, 2.24) is 4.31 Å². The van der Waals surface area contributed by atoms with Crippen LogP contribution in [0.2, 0.25) is 0 Å². The Kier molecular flexibility index (Phi) is 8.00. The Morgan fingerprint density at radius 1 is 1.00 bits per heavy atom. The van der Waals surface area contributed by atoms with Crippen molar-refractivity contribution in [3.8, 4) is 0 Å². The molecule has 0 aromatic heterocycles. The highest BCUT2D eigenvalue weighted by atomic mass is 32.2. The van der Waals surface area contributed by atoms with E-state index < -0.39 is 10.0 Å². The monoisotopic (exact) mass is 388 g/mol. The van der Waals surface area contributed by atoms with Crippen LogP contribution in [0.3, 0.4) is 0 Å². The van der Waals surface area contributed by atoms with Crippen LogP contribution in [0, 0.1) is 0 Å². The van der Waals surface area contributed by atoms with E-state index in [9.17, 15) is 13.2 Å². The number of sulfonamides is 1. The smallest absolute Gasteiger partial charge is 0.225 e. The summed E-state index contributed by atoms with van der Waals surface area (Å²) in [6.07, 6.45) is 3.68. The second-order valence-corrected chi connectivity index (χ2v) is 8.54. The summed E-state index contributed by atoms with van der Waals surface area (Å²) in [7, 11) is -3.35. The number of carbonyl (C=O) groups excluding carboxylic acids is 1. The van der Waals surface area contributed by atoms with Crippen LogP contribution in [0.1, 0.15) is 30.9 Å². The zero-order valence-corrected chi connectivity index (χ0v) is 16.8. The zero-order valence-electron chi connectivity index (χ0n) is 16.0. The fourth-order valence-corrected chi connectivity index (χ4v) is 3.82. The summed E-state index contributed by atoms with van der Waals surface area (Å²) in [5.74, 6) is -0.174. The molecule has 0 aliphatic carbocycles. The topological polar surface area (TPSA) is 66.5 Å². The number of rotatable bonds is 10. The SMILES string of the molecule is CCc1ccccc1NC(=O)CCN(CCCc1ccccc1)S(C)(=O)=O. The standard InChI is InChI=1S/C21H28N2O3S/c1-3-19-13-7-8-14-20(19)22-21(24)15-17-23(27(2,25)26)16-9-12-18-10-5-4-6-11-18/h4-8,10-11,13-14H,3,9,12,15-17H2,1-2H3,(H,22,24). The molecule has 146 valence electrons. The molecule has 6 heteroatoms. The minimum atomic E-state index is -3.35. The summed E-state index contributed by atoms with van der Waals surface area (Å²) in [6.45, 7) is 2.63. The molecule has 1 amide bonds. The third-order valence-corrected chi connectivity index (χ3v) is 5.75. The van der Waals surface area contributed by atoms with Gasteiger partial charge in [0.05, 0.1) is 6.26 Å². The van der Waals surface area contributed by atoms with Gasteiger partial charge in [-0.25, -0.2) is 12.7 Å². The van der Waals surface area contributed by atoms with Gasteiger partial charge in [-0.2, -0.15) is 0 Å². The first-order valence-electron chi connectivity index (χ1n) is 9.27. The predicted molar refractivity (Wildman–Crippen MR) is 110 cm³/mol. The van der Waals surface area contributed by atoms with E-state index in [2.05, 4.69) is 5.32 Å². The van der Waals surface area contributed by atoms with Crippen LogP contribution < -0.4 is 5.32 Å². The molecule has 2 aromatic carbocycles. The first kappa shape index (κ1) is 21.1. The minimum Gasteiger partial charge on any atom is -0.326 e. The number of nitrogens with zero attached hydrogens (tertiary/aromatic N) is 1. The number of amides is 1. The third kappa shape index (κ3) is 7.15. The van der Waals surface area contributed by atoms with Crippen LogP contribution in [-0.4, -0.2) is 38.0 Å². The maximum atomic E-state index is 12.3. The first-order chi connectivity index (χ1) is 12.9. The lowest BCUT2D eigenvalue weighted by Crippen LogP contribution is -2.34. The lowest BCUT2D eigenvalue weighted by molar-refractivity contribution is -0.116. The average Bonchev–Trinajstić information content (AvgIpc) is 2.64. The zero-order chi connectivity index (χ0) is 19.7. The molecule has 0 aliphatic heterocycles. The number of benzene rings is 2. The van der Waals surface area contributed by atoms with Crippen LogP contribution in [0.15, 0.2) is 54.6 Å². The van der Waals surface area contributed by atoms with Crippen molar-refractivity contribution in [1.29, 1.82) is 0 Å². The number of anilines is 1. The highest BCUT2D eigenvalue weighted by Gasteiger charge is 2.17. The summed E-state index contributed by atoms with van der Waals surface area (Å²) in [4.78, 5) is 12.3. The minimum absolute atomic E-state index is 0.135. The quantitative estimate of drug-likeness (QED) is 0.678. The van der Waals surface area contributed by atoms with Gasteiger partial charge in [-0.05, 0) is 36.5 Å². The van der Waals surface area contributed by atoms with Crippen molar-refractivity contribution in [2.24, 2.45) is 0 Å². The maximum absolute atomic E-state index is 12.3. The van der Waals surface area contributed by atoms with Crippen molar-refractivity contribution < 1.29 is 13.2 Å². The van der Waals surface area contributed by atoms with E-state index in [0.29, 0.717) is 6.54 Å². The Balaban J connectivity index is 1.87. The lowest BCUT2D eigenvalue weighted by Gasteiger charge is -2.20. The molecule has 0 saturated heterocycles. The normalized spacial score (nSPS) is 11.5. The van der Waals surface area contributed by atoms with Gasteiger partial charge in [0.25, 0.3) is 0 Å². The van der Waals surface area contributed by atoms with E-state index in [4.69, 9.17) is 0 Å². The van der Waals surface area contributed by atoms with Gasteiger partial charge in [0.1, 0.15) is 0 Å². The highest BCUT2D eigenvalue weighted by molar-refractivity contribution is 7.88. The van der Waals surface area contributed by atoms with Gasteiger partial charge in [-0.3, -0.25) is 4.79 Å². The second-order valence-electron chi connectivity index (χ2n) is 6.56. The Bertz CT molecular complexity index is 836. The van der Waals surface area contributed by atoms with Crippen molar-refractivity contribution in [3.63, 3.8) is 0 Å². The molecule has 1 N–H and O–H groups in total. The number of aryl methyl sites for hydroxylation is 2. The van der Waals surface area contributed by atoms with E-state index in [1.54, 1.807) is 0 Å². The molecule has 2 rings (SSSR count). The average molecular weight is 389 g/mol. The molecule has 0 atom stereocenters. The van der Waals surface area contributed by atoms with E-state index in [-0.39, 0.29) is 18.9 Å². The van der Waals surface area contributed by atoms with E-state index in [1.165, 1.54) is 16.1 Å². The molecule has 0 fully saturated rings. The third-order valence-electron chi connectivity index (χ3n) is 4.45. The Morgan fingerprint density at radius 2 is 1.67 bits per heavy atom. The molecule has 27 heavy (non-hydrogen) atoms. The summed E-state index contributed by atoms with van der Waals surface area (Å²) in [5, 5.41) is 2.89. The fourth-order valence-electron chi connectivity index (χ4n) is 2.94. The van der Waals surface area contributed by atoms with Crippen LogP contribution >= 0.6 is 0 Å². The Morgan fingerprint density at radius 3 is 2.33 bits per heavy atom. The highest BCUT2D eigenvalue weighted by Crippen LogP contribution is 2.16. The molecule has 0 unspecified atom stereocenters. The van der Waals surface area contributed by atoms with E-state index in [0.717, 1.165) is 30.5 Å². The molecule has 0 radical (unpaired) electrons. The van der Waals surface area contributed by atoms with Crippen molar-refractivity contribution in [3.05, 3.63) is 65.7 Å². The maximum Gasteiger partial charge on any atom is 0.225 e. The molecule has 2 aromatic rings. The lowest BCUT2D eigenvalue weighted by atomic mass is 10.1. The second kappa shape index (κ2) is 10.2. The van der Waals surface area contributed by atoms with Crippen molar-refractivity contribution >= 4 is 21.6 Å². The Labute approximate surface area is 162 Å². The van der Waals surface area contributed by atoms with Crippen molar-refractivity contribution in [2.45, 2.75) is 32.6 Å². The number of nitrogens with one attached hydrogen (secondary N) is 1. The Hall–Kier alpha value is -2.18. The first-order valence-corrected chi connectivity index (χ1v) is 11.1. The van der Waals surface area contributed by atoms with Crippen LogP contribution in [0.5, 0.6) is 0 Å². The summed E-state index contributed by atoms with van der Waals surface area (Å²) in [5.41, 5.74) is 3.04. The van der Waals surface area contributed by atoms with Gasteiger partial charge < -0.3 is 5.32 Å². The van der Waals surface area contributed by atoms with Gasteiger partial charge in [-0.15, -0.1) is 0 Å². The number of para-hydroxylation sites is 1. The molecular formula is C21H28N2O3S. The summed E-state index contributed by atoms with van der Waals surface area (Å²) < 4.78 is 25.5.